The third-order valence-corrected chi connectivity index (χ3v) is 5.48. The number of likely N-dealkylation sites (tertiary alicyclic amines) is 1. The first-order chi connectivity index (χ1) is 11.7. The molecule has 2 aromatic rings. The zero-order valence-electron chi connectivity index (χ0n) is 13.8. The Morgan fingerprint density at radius 2 is 2.33 bits per heavy atom. The number of aliphatic hydroxyl groups excluding tert-OH is 1. The molecule has 6 heteroatoms. The molecule has 128 valence electrons. The maximum Gasteiger partial charge on any atom is 0.253 e. The van der Waals surface area contributed by atoms with E-state index in [1.807, 2.05) is 11.3 Å². The number of amides is 1. The highest BCUT2D eigenvalue weighted by Gasteiger charge is 2.30. The largest absolute Gasteiger partial charge is 0.396 e. The van der Waals surface area contributed by atoms with Gasteiger partial charge in [-0.2, -0.15) is 0 Å². The average Bonchev–Trinajstić information content (AvgIpc) is 3.01. The quantitative estimate of drug-likeness (QED) is 0.871. The van der Waals surface area contributed by atoms with Gasteiger partial charge in [-0.05, 0) is 44.2 Å². The molecule has 1 aliphatic rings. The Hall–Kier alpha value is -1.76. The van der Waals surface area contributed by atoms with Crippen LogP contribution in [0.15, 0.2) is 36.7 Å². The van der Waals surface area contributed by atoms with E-state index in [0.29, 0.717) is 5.56 Å². The monoisotopic (exact) mass is 345 g/mol. The fourth-order valence-electron chi connectivity index (χ4n) is 3.13. The third-order valence-electron chi connectivity index (χ3n) is 4.49. The minimum Gasteiger partial charge on any atom is -0.396 e. The van der Waals surface area contributed by atoms with E-state index in [4.69, 9.17) is 0 Å². The predicted octanol–water partition coefficient (Wildman–Crippen LogP) is 2.06. The van der Waals surface area contributed by atoms with E-state index in [0.717, 1.165) is 26.1 Å². The molecule has 2 atom stereocenters. The van der Waals surface area contributed by atoms with Crippen LogP contribution in [-0.2, 0) is 6.54 Å². The first-order valence-corrected chi connectivity index (χ1v) is 9.07. The predicted molar refractivity (Wildman–Crippen MR) is 95.0 cm³/mol. The van der Waals surface area contributed by atoms with Crippen molar-refractivity contribution in [2.24, 2.45) is 5.92 Å². The van der Waals surface area contributed by atoms with Crippen LogP contribution in [0.5, 0.6) is 0 Å². The highest BCUT2D eigenvalue weighted by Crippen LogP contribution is 2.22. The van der Waals surface area contributed by atoms with Gasteiger partial charge in [0.15, 0.2) is 0 Å². The van der Waals surface area contributed by atoms with Crippen LogP contribution in [0.3, 0.4) is 0 Å². The Labute approximate surface area is 146 Å². The topological polar surface area (TPSA) is 65.5 Å². The molecule has 1 fully saturated rings. The molecule has 1 saturated heterocycles. The van der Waals surface area contributed by atoms with Crippen molar-refractivity contribution >= 4 is 17.2 Å². The molecule has 1 amide bonds. The zero-order chi connectivity index (χ0) is 16.9. The van der Waals surface area contributed by atoms with E-state index < -0.39 is 0 Å². The molecule has 1 aliphatic heterocycles. The first kappa shape index (κ1) is 17.1. The maximum absolute atomic E-state index is 12.4. The lowest BCUT2D eigenvalue weighted by atomic mass is 9.92. The molecule has 3 rings (SSSR count). The first-order valence-electron chi connectivity index (χ1n) is 8.25. The minimum atomic E-state index is -0.125. The number of nitrogens with zero attached hydrogens (tertiary/aromatic N) is 2. The number of hydrogen-bond acceptors (Lipinski definition) is 5. The maximum atomic E-state index is 12.4. The molecule has 2 aromatic heterocycles. The van der Waals surface area contributed by atoms with Crippen molar-refractivity contribution in [1.29, 1.82) is 0 Å². The summed E-state index contributed by atoms with van der Waals surface area (Å²) < 4.78 is 0. The Bertz CT molecular complexity index is 674. The van der Waals surface area contributed by atoms with E-state index in [1.165, 1.54) is 9.75 Å². The van der Waals surface area contributed by atoms with E-state index >= 15 is 0 Å². The van der Waals surface area contributed by atoms with Gasteiger partial charge in [0.1, 0.15) is 0 Å². The van der Waals surface area contributed by atoms with Crippen molar-refractivity contribution in [1.82, 2.24) is 15.2 Å². The van der Waals surface area contributed by atoms with Gasteiger partial charge in [-0.1, -0.05) is 0 Å². The average molecular weight is 345 g/mol. The molecule has 5 nitrogen and oxygen atoms in total. The highest BCUT2D eigenvalue weighted by molar-refractivity contribution is 7.11. The standard InChI is InChI=1S/C18H23N3O2S/c1-13-4-5-16(24-13)10-21-8-6-15(12-22)17(11-21)20-18(23)14-3-2-7-19-9-14/h2-5,7,9,15,17,22H,6,8,10-12H2,1H3,(H,20,23)/t15-,17-/m1/s1. The van der Waals surface area contributed by atoms with Gasteiger partial charge in [-0.25, -0.2) is 0 Å². The summed E-state index contributed by atoms with van der Waals surface area (Å²) in [7, 11) is 0. The van der Waals surface area contributed by atoms with Crippen molar-refractivity contribution in [3.8, 4) is 0 Å². The second-order valence-electron chi connectivity index (χ2n) is 6.30. The minimum absolute atomic E-state index is 0.0440. The summed E-state index contributed by atoms with van der Waals surface area (Å²) in [5.74, 6) is -0.0210. The molecular weight excluding hydrogens is 322 g/mol. The van der Waals surface area contributed by atoms with E-state index in [2.05, 4.69) is 34.3 Å². The summed E-state index contributed by atoms with van der Waals surface area (Å²) in [6, 6.07) is 7.78. The van der Waals surface area contributed by atoms with Crippen molar-refractivity contribution in [3.05, 3.63) is 52.0 Å². The summed E-state index contributed by atoms with van der Waals surface area (Å²) in [6.45, 7) is 4.82. The normalized spacial score (nSPS) is 21.6. The van der Waals surface area contributed by atoms with Gasteiger partial charge in [0.05, 0.1) is 5.56 Å². The van der Waals surface area contributed by atoms with Gasteiger partial charge in [0.2, 0.25) is 0 Å². The Morgan fingerprint density at radius 1 is 1.46 bits per heavy atom. The number of aromatic nitrogens is 1. The molecule has 24 heavy (non-hydrogen) atoms. The van der Waals surface area contributed by atoms with Crippen LogP contribution in [0, 0.1) is 12.8 Å². The van der Waals surface area contributed by atoms with E-state index in [-0.39, 0.29) is 24.5 Å². The number of carbonyl (C=O) groups is 1. The van der Waals surface area contributed by atoms with Crippen LogP contribution in [0.1, 0.15) is 26.5 Å². The highest BCUT2D eigenvalue weighted by atomic mass is 32.1. The molecule has 0 bridgehead atoms. The molecule has 0 saturated carbocycles. The Balaban J connectivity index is 1.64. The number of aliphatic hydroxyl groups is 1. The Kier molecular flexibility index (Phi) is 5.60. The van der Waals surface area contributed by atoms with Crippen molar-refractivity contribution in [2.45, 2.75) is 25.9 Å². The summed E-state index contributed by atoms with van der Waals surface area (Å²) in [6.07, 6.45) is 4.11. The van der Waals surface area contributed by atoms with Crippen LogP contribution in [0.4, 0.5) is 0 Å². The number of carbonyl (C=O) groups excluding carboxylic acids is 1. The molecule has 0 spiro atoms. The van der Waals surface area contributed by atoms with Crippen LogP contribution in [-0.4, -0.2) is 46.6 Å². The number of pyridine rings is 1. The number of nitrogens with one attached hydrogen (secondary N) is 1. The summed E-state index contributed by atoms with van der Waals surface area (Å²) in [5, 5.41) is 12.7. The lowest BCUT2D eigenvalue weighted by molar-refractivity contribution is 0.0732. The van der Waals surface area contributed by atoms with Gasteiger partial charge in [0.25, 0.3) is 5.91 Å². The fourth-order valence-corrected chi connectivity index (χ4v) is 4.07. The molecule has 3 heterocycles. The van der Waals surface area contributed by atoms with E-state index in [9.17, 15) is 9.90 Å². The van der Waals surface area contributed by atoms with E-state index in [1.54, 1.807) is 24.5 Å². The Morgan fingerprint density at radius 3 is 3.00 bits per heavy atom. The van der Waals surface area contributed by atoms with Crippen LogP contribution in [0.2, 0.25) is 0 Å². The lowest BCUT2D eigenvalue weighted by Gasteiger charge is -2.38. The van der Waals surface area contributed by atoms with Crippen LogP contribution < -0.4 is 5.32 Å². The van der Waals surface area contributed by atoms with Crippen LogP contribution >= 0.6 is 11.3 Å². The van der Waals surface area contributed by atoms with Crippen molar-refractivity contribution in [2.75, 3.05) is 19.7 Å². The van der Waals surface area contributed by atoms with Gasteiger partial charge >= 0.3 is 0 Å². The summed E-state index contributed by atoms with van der Waals surface area (Å²) in [5.41, 5.74) is 0.556. The third kappa shape index (κ3) is 4.20. The second-order valence-corrected chi connectivity index (χ2v) is 7.67. The van der Waals surface area contributed by atoms with Gasteiger partial charge in [-0.3, -0.25) is 14.7 Å². The smallest absolute Gasteiger partial charge is 0.253 e. The number of hydrogen-bond donors (Lipinski definition) is 2. The number of rotatable bonds is 5. The fraction of sp³-hybridized carbons (Fsp3) is 0.444. The van der Waals surface area contributed by atoms with Gasteiger partial charge in [-0.15, -0.1) is 11.3 Å². The van der Waals surface area contributed by atoms with Gasteiger partial charge in [0, 0.05) is 53.8 Å². The molecule has 0 aliphatic carbocycles. The van der Waals surface area contributed by atoms with Crippen molar-refractivity contribution in [3.63, 3.8) is 0 Å². The SMILES string of the molecule is Cc1ccc(CN2CC[C@H](CO)[C@H](NC(=O)c3cccnc3)C2)s1. The summed E-state index contributed by atoms with van der Waals surface area (Å²) in [4.78, 5) is 21.4. The molecular formula is C18H23N3O2S. The molecule has 0 unspecified atom stereocenters. The van der Waals surface area contributed by atoms with Gasteiger partial charge < -0.3 is 10.4 Å². The van der Waals surface area contributed by atoms with Crippen molar-refractivity contribution < 1.29 is 9.90 Å². The number of thiophene rings is 1. The number of piperidine rings is 1. The van der Waals surface area contributed by atoms with Crippen LogP contribution in [0.25, 0.3) is 0 Å². The summed E-state index contributed by atoms with van der Waals surface area (Å²) >= 11 is 1.81. The zero-order valence-corrected chi connectivity index (χ0v) is 14.6. The molecule has 0 radical (unpaired) electrons. The number of aryl methyl sites for hydroxylation is 1. The lowest BCUT2D eigenvalue weighted by Crippen LogP contribution is -2.53. The molecule has 2 N–H and O–H groups in total. The molecule has 0 aromatic carbocycles. The second kappa shape index (κ2) is 7.88.